The first-order valence-corrected chi connectivity index (χ1v) is 12.6. The van der Waals surface area contributed by atoms with Gasteiger partial charge < -0.3 is 20.1 Å². The Labute approximate surface area is 211 Å². The number of carbonyl (C=O) groups excluding carboxylic acids is 1. The molecule has 9 heteroatoms. The summed E-state index contributed by atoms with van der Waals surface area (Å²) in [5.74, 6) is -0.258. The lowest BCUT2D eigenvalue weighted by molar-refractivity contribution is 0.0950. The fourth-order valence-corrected chi connectivity index (χ4v) is 5.58. The van der Waals surface area contributed by atoms with Gasteiger partial charge in [0.2, 0.25) is 0 Å². The van der Waals surface area contributed by atoms with Gasteiger partial charge in [-0.05, 0) is 78.2 Å². The Morgan fingerprint density at radius 3 is 2.51 bits per heavy atom. The van der Waals surface area contributed by atoms with E-state index in [0.717, 1.165) is 54.6 Å². The standard InChI is InChI=1S/C26H35ClN6O2/c1-6-33(19-9-7-18(8-10-19)32(4)5)23-12-17(27)11-20(15(23)2)25(34)28-13-22-24-21(14-29-31-24)16(3)30-26(22)35/h11-12,14,18-19H,6-10,13H2,1-5H3,(H,28,34)(H,29,31)(H,30,35). The molecule has 188 valence electrons. The van der Waals surface area contributed by atoms with Gasteiger partial charge in [-0.3, -0.25) is 14.7 Å². The van der Waals surface area contributed by atoms with E-state index >= 15 is 0 Å². The number of nitrogens with one attached hydrogen (secondary N) is 3. The van der Waals surface area contributed by atoms with Gasteiger partial charge in [0.1, 0.15) is 0 Å². The average molecular weight is 499 g/mol. The van der Waals surface area contributed by atoms with Gasteiger partial charge >= 0.3 is 0 Å². The van der Waals surface area contributed by atoms with E-state index in [4.69, 9.17) is 11.6 Å². The second-order valence-electron chi connectivity index (χ2n) is 9.71. The molecule has 1 saturated carbocycles. The number of carbonyl (C=O) groups is 1. The van der Waals surface area contributed by atoms with Crippen LogP contribution in [-0.4, -0.2) is 58.7 Å². The molecular weight excluding hydrogens is 464 g/mol. The fraction of sp³-hybridized carbons (Fsp3) is 0.500. The first-order chi connectivity index (χ1) is 16.7. The Bertz CT molecular complexity index is 1270. The number of fused-ring (bicyclic) bond motifs is 1. The number of pyridine rings is 1. The van der Waals surface area contributed by atoms with Crippen LogP contribution in [0.5, 0.6) is 0 Å². The summed E-state index contributed by atoms with van der Waals surface area (Å²) in [5.41, 5.74) is 4.01. The number of amides is 1. The van der Waals surface area contributed by atoms with Crippen molar-refractivity contribution in [3.8, 4) is 0 Å². The second kappa shape index (κ2) is 10.4. The van der Waals surface area contributed by atoms with Crippen LogP contribution in [0.15, 0.2) is 23.1 Å². The van der Waals surface area contributed by atoms with Gasteiger partial charge in [0, 0.05) is 46.0 Å². The number of halogens is 1. The molecule has 0 unspecified atom stereocenters. The number of aromatic nitrogens is 3. The molecule has 0 bridgehead atoms. The smallest absolute Gasteiger partial charge is 0.255 e. The molecule has 0 aliphatic heterocycles. The summed E-state index contributed by atoms with van der Waals surface area (Å²) in [5, 5.41) is 11.2. The lowest BCUT2D eigenvalue weighted by Crippen LogP contribution is -2.42. The number of hydrogen-bond donors (Lipinski definition) is 3. The van der Waals surface area contributed by atoms with Crippen molar-refractivity contribution in [1.29, 1.82) is 0 Å². The van der Waals surface area contributed by atoms with Gasteiger partial charge in [0.15, 0.2) is 0 Å². The van der Waals surface area contributed by atoms with Crippen molar-refractivity contribution >= 4 is 34.1 Å². The van der Waals surface area contributed by atoms with E-state index in [0.29, 0.717) is 33.7 Å². The topological polar surface area (TPSA) is 97.1 Å². The highest BCUT2D eigenvalue weighted by atomic mass is 35.5. The molecule has 4 rings (SSSR count). The van der Waals surface area contributed by atoms with Gasteiger partial charge in [0.05, 0.1) is 23.8 Å². The fourth-order valence-electron chi connectivity index (χ4n) is 5.37. The van der Waals surface area contributed by atoms with Crippen LogP contribution in [0.3, 0.4) is 0 Å². The molecule has 2 heterocycles. The molecule has 1 aromatic carbocycles. The normalized spacial score (nSPS) is 18.3. The first-order valence-electron chi connectivity index (χ1n) is 12.3. The quantitative estimate of drug-likeness (QED) is 0.454. The number of hydrogen-bond acceptors (Lipinski definition) is 5. The summed E-state index contributed by atoms with van der Waals surface area (Å²) < 4.78 is 0. The lowest BCUT2D eigenvalue weighted by atomic mass is 9.89. The number of aryl methyl sites for hydroxylation is 1. The molecule has 3 N–H and O–H groups in total. The Hall–Kier alpha value is -2.84. The number of benzene rings is 1. The zero-order chi connectivity index (χ0) is 25.3. The monoisotopic (exact) mass is 498 g/mol. The minimum Gasteiger partial charge on any atom is -0.369 e. The van der Waals surface area contributed by atoms with Gasteiger partial charge in [-0.2, -0.15) is 5.10 Å². The number of anilines is 1. The van der Waals surface area contributed by atoms with Gasteiger partial charge in [-0.25, -0.2) is 0 Å². The van der Waals surface area contributed by atoms with Crippen LogP contribution in [0, 0.1) is 13.8 Å². The van der Waals surface area contributed by atoms with E-state index in [-0.39, 0.29) is 18.0 Å². The van der Waals surface area contributed by atoms with Crippen molar-refractivity contribution < 1.29 is 4.79 Å². The average Bonchev–Trinajstić information content (AvgIpc) is 3.32. The number of H-pyrrole nitrogens is 2. The molecular formula is C26H35ClN6O2. The van der Waals surface area contributed by atoms with Crippen LogP contribution >= 0.6 is 11.6 Å². The molecule has 0 atom stereocenters. The molecule has 0 radical (unpaired) electrons. The zero-order valence-corrected chi connectivity index (χ0v) is 21.9. The molecule has 1 aliphatic rings. The maximum absolute atomic E-state index is 13.3. The third-order valence-electron chi connectivity index (χ3n) is 7.42. The molecule has 2 aromatic heterocycles. The zero-order valence-electron chi connectivity index (χ0n) is 21.2. The second-order valence-corrected chi connectivity index (χ2v) is 10.1. The maximum Gasteiger partial charge on any atom is 0.255 e. The molecule has 1 aliphatic carbocycles. The Kier molecular flexibility index (Phi) is 7.52. The third kappa shape index (κ3) is 5.09. The summed E-state index contributed by atoms with van der Waals surface area (Å²) >= 11 is 6.51. The largest absolute Gasteiger partial charge is 0.369 e. The van der Waals surface area contributed by atoms with E-state index in [1.54, 1.807) is 12.3 Å². The van der Waals surface area contributed by atoms with Crippen LogP contribution in [0.25, 0.3) is 10.9 Å². The minimum absolute atomic E-state index is 0.0838. The van der Waals surface area contributed by atoms with Crippen molar-refractivity contribution in [2.24, 2.45) is 0 Å². The summed E-state index contributed by atoms with van der Waals surface area (Å²) in [6.07, 6.45) is 6.22. The van der Waals surface area contributed by atoms with E-state index in [1.807, 2.05) is 19.9 Å². The molecule has 8 nitrogen and oxygen atoms in total. The first kappa shape index (κ1) is 25.3. The highest BCUT2D eigenvalue weighted by molar-refractivity contribution is 6.31. The van der Waals surface area contributed by atoms with E-state index in [2.05, 4.69) is 51.3 Å². The van der Waals surface area contributed by atoms with Crippen LogP contribution in [-0.2, 0) is 6.54 Å². The van der Waals surface area contributed by atoms with Crippen molar-refractivity contribution in [2.75, 3.05) is 25.5 Å². The van der Waals surface area contributed by atoms with Crippen molar-refractivity contribution in [3.63, 3.8) is 0 Å². The van der Waals surface area contributed by atoms with Crippen LogP contribution < -0.4 is 15.8 Å². The van der Waals surface area contributed by atoms with Gasteiger partial charge in [-0.15, -0.1) is 0 Å². The van der Waals surface area contributed by atoms with Crippen molar-refractivity contribution in [3.05, 3.63) is 56.1 Å². The number of rotatable bonds is 7. The van der Waals surface area contributed by atoms with Gasteiger partial charge in [0.25, 0.3) is 11.5 Å². The van der Waals surface area contributed by atoms with Crippen LogP contribution in [0.2, 0.25) is 5.02 Å². The van der Waals surface area contributed by atoms with Crippen molar-refractivity contribution in [2.45, 2.75) is 65.1 Å². The Morgan fingerprint density at radius 1 is 1.17 bits per heavy atom. The molecule has 1 amide bonds. The Balaban J connectivity index is 1.56. The SMILES string of the molecule is CCN(c1cc(Cl)cc(C(=O)NCc2c(=O)[nH]c(C)c3cn[nH]c23)c1C)C1CCC(N(C)C)CC1. The van der Waals surface area contributed by atoms with Gasteiger partial charge in [-0.1, -0.05) is 11.6 Å². The molecule has 1 fully saturated rings. The van der Waals surface area contributed by atoms with E-state index in [9.17, 15) is 9.59 Å². The minimum atomic E-state index is -0.258. The number of nitrogens with zero attached hydrogens (tertiary/aromatic N) is 3. The summed E-state index contributed by atoms with van der Waals surface area (Å²) in [7, 11) is 4.30. The van der Waals surface area contributed by atoms with Crippen LogP contribution in [0.4, 0.5) is 5.69 Å². The summed E-state index contributed by atoms with van der Waals surface area (Å²) in [4.78, 5) is 33.4. The predicted octanol–water partition coefficient (Wildman–Crippen LogP) is 4.15. The van der Waals surface area contributed by atoms with E-state index in [1.165, 1.54) is 0 Å². The highest BCUT2D eigenvalue weighted by Gasteiger charge is 2.28. The molecule has 3 aromatic rings. The summed E-state index contributed by atoms with van der Waals surface area (Å²) in [6, 6.07) is 4.72. The maximum atomic E-state index is 13.3. The number of aromatic amines is 2. The van der Waals surface area contributed by atoms with Crippen LogP contribution in [0.1, 0.15) is 59.8 Å². The molecule has 0 spiro atoms. The molecule has 0 saturated heterocycles. The Morgan fingerprint density at radius 2 is 1.86 bits per heavy atom. The predicted molar refractivity (Wildman–Crippen MR) is 142 cm³/mol. The third-order valence-corrected chi connectivity index (χ3v) is 7.64. The lowest BCUT2D eigenvalue weighted by Gasteiger charge is -2.40. The highest BCUT2D eigenvalue weighted by Crippen LogP contribution is 2.34. The molecule has 35 heavy (non-hydrogen) atoms. The van der Waals surface area contributed by atoms with Crippen molar-refractivity contribution in [1.82, 2.24) is 25.4 Å². The summed E-state index contributed by atoms with van der Waals surface area (Å²) in [6.45, 7) is 6.87. The van der Waals surface area contributed by atoms with E-state index < -0.39 is 0 Å².